The second-order valence-electron chi connectivity index (χ2n) is 7.11. The molecule has 0 saturated heterocycles. The molecule has 3 aromatic rings. The van der Waals surface area contributed by atoms with Gasteiger partial charge in [0.05, 0.1) is 12.2 Å². The van der Waals surface area contributed by atoms with Crippen LogP contribution in [-0.2, 0) is 6.54 Å². The van der Waals surface area contributed by atoms with Crippen molar-refractivity contribution in [3.05, 3.63) is 59.1 Å². The second kappa shape index (κ2) is 8.53. The van der Waals surface area contributed by atoms with Gasteiger partial charge in [-0.1, -0.05) is 32.0 Å². The van der Waals surface area contributed by atoms with Gasteiger partial charge in [0, 0.05) is 11.9 Å². The Bertz CT molecular complexity index is 1020. The second-order valence-corrected chi connectivity index (χ2v) is 7.97. The third kappa shape index (κ3) is 4.51. The highest BCUT2D eigenvalue weighted by molar-refractivity contribution is 7.13. The van der Waals surface area contributed by atoms with Crippen molar-refractivity contribution in [3.8, 4) is 27.8 Å². The summed E-state index contributed by atoms with van der Waals surface area (Å²) in [5.41, 5.74) is 2.22. The van der Waals surface area contributed by atoms with Crippen molar-refractivity contribution in [2.45, 2.75) is 20.4 Å². The van der Waals surface area contributed by atoms with Crippen molar-refractivity contribution < 1.29 is 19.0 Å². The maximum atomic E-state index is 12.5. The Kier molecular flexibility index (Phi) is 5.67. The van der Waals surface area contributed by atoms with E-state index in [1.54, 1.807) is 5.38 Å². The Morgan fingerprint density at radius 2 is 2.03 bits per heavy atom. The fraction of sp³-hybridized carbons (Fsp3) is 0.273. The molecule has 0 saturated carbocycles. The summed E-state index contributed by atoms with van der Waals surface area (Å²) in [5, 5.41) is 5.43. The van der Waals surface area contributed by atoms with E-state index in [2.05, 4.69) is 24.1 Å². The number of nitrogens with zero attached hydrogens (tertiary/aromatic N) is 1. The molecule has 150 valence electrons. The van der Waals surface area contributed by atoms with Gasteiger partial charge >= 0.3 is 0 Å². The fourth-order valence-corrected chi connectivity index (χ4v) is 3.68. The van der Waals surface area contributed by atoms with E-state index < -0.39 is 0 Å². The molecule has 7 heteroatoms. The van der Waals surface area contributed by atoms with E-state index in [1.165, 1.54) is 11.3 Å². The van der Waals surface area contributed by atoms with Crippen LogP contribution in [0.2, 0.25) is 0 Å². The molecule has 0 bridgehead atoms. The van der Waals surface area contributed by atoms with Crippen LogP contribution in [0.4, 0.5) is 0 Å². The van der Waals surface area contributed by atoms with E-state index in [1.807, 2.05) is 42.5 Å². The SMILES string of the molecule is CC(C)COc1ccccc1-c1nc(C(=O)NCc2ccc3c(c2)OCO3)cs1. The zero-order valence-electron chi connectivity index (χ0n) is 16.3. The molecule has 0 radical (unpaired) electrons. The molecular weight excluding hydrogens is 388 g/mol. The average Bonchev–Trinajstić information content (AvgIpc) is 3.40. The maximum Gasteiger partial charge on any atom is 0.271 e. The summed E-state index contributed by atoms with van der Waals surface area (Å²) in [6, 6.07) is 13.4. The van der Waals surface area contributed by atoms with Crippen LogP contribution in [0.15, 0.2) is 47.8 Å². The number of amides is 1. The van der Waals surface area contributed by atoms with Gasteiger partial charge in [-0.3, -0.25) is 4.79 Å². The zero-order chi connectivity index (χ0) is 20.2. The molecule has 0 spiro atoms. The van der Waals surface area contributed by atoms with Gasteiger partial charge in [0.2, 0.25) is 6.79 Å². The van der Waals surface area contributed by atoms with Gasteiger partial charge in [0.15, 0.2) is 11.5 Å². The molecule has 2 aromatic carbocycles. The van der Waals surface area contributed by atoms with Crippen LogP contribution >= 0.6 is 11.3 Å². The molecule has 1 amide bonds. The average molecular weight is 410 g/mol. The lowest BCUT2D eigenvalue weighted by Crippen LogP contribution is -2.23. The number of hydrogen-bond donors (Lipinski definition) is 1. The van der Waals surface area contributed by atoms with Gasteiger partial charge in [0.25, 0.3) is 5.91 Å². The zero-order valence-corrected chi connectivity index (χ0v) is 17.1. The lowest BCUT2D eigenvalue weighted by molar-refractivity contribution is 0.0946. The summed E-state index contributed by atoms with van der Waals surface area (Å²) in [7, 11) is 0. The molecule has 2 heterocycles. The van der Waals surface area contributed by atoms with Crippen LogP contribution < -0.4 is 19.5 Å². The molecule has 6 nitrogen and oxygen atoms in total. The van der Waals surface area contributed by atoms with Gasteiger partial charge in [-0.2, -0.15) is 0 Å². The molecule has 1 N–H and O–H groups in total. The van der Waals surface area contributed by atoms with Gasteiger partial charge in [0.1, 0.15) is 16.5 Å². The predicted octanol–water partition coefficient (Wildman–Crippen LogP) is 4.50. The highest BCUT2D eigenvalue weighted by Crippen LogP contribution is 2.33. The number of rotatable bonds is 7. The number of carbonyl (C=O) groups excluding carboxylic acids is 1. The number of para-hydroxylation sites is 1. The summed E-state index contributed by atoms with van der Waals surface area (Å²) >= 11 is 1.43. The topological polar surface area (TPSA) is 69.7 Å². The number of ether oxygens (including phenoxy) is 3. The summed E-state index contributed by atoms with van der Waals surface area (Å²) in [6.07, 6.45) is 0. The van der Waals surface area contributed by atoms with Gasteiger partial charge < -0.3 is 19.5 Å². The van der Waals surface area contributed by atoms with E-state index in [-0.39, 0.29) is 12.7 Å². The minimum Gasteiger partial charge on any atom is -0.493 e. The largest absolute Gasteiger partial charge is 0.493 e. The predicted molar refractivity (Wildman–Crippen MR) is 112 cm³/mol. The Morgan fingerprint density at radius 3 is 2.90 bits per heavy atom. The number of fused-ring (bicyclic) bond motifs is 1. The first kappa shape index (κ1) is 19.3. The normalized spacial score (nSPS) is 12.2. The smallest absolute Gasteiger partial charge is 0.271 e. The van der Waals surface area contributed by atoms with Crippen LogP contribution in [-0.4, -0.2) is 24.3 Å². The lowest BCUT2D eigenvalue weighted by atomic mass is 10.2. The van der Waals surface area contributed by atoms with Crippen molar-refractivity contribution in [2.75, 3.05) is 13.4 Å². The molecule has 0 unspecified atom stereocenters. The van der Waals surface area contributed by atoms with Gasteiger partial charge in [-0.15, -0.1) is 11.3 Å². The first-order valence-electron chi connectivity index (χ1n) is 9.44. The molecule has 1 aliphatic rings. The Hall–Kier alpha value is -3.06. The lowest BCUT2D eigenvalue weighted by Gasteiger charge is -2.11. The molecule has 1 aliphatic heterocycles. The van der Waals surface area contributed by atoms with Crippen LogP contribution in [0.3, 0.4) is 0 Å². The van der Waals surface area contributed by atoms with E-state index >= 15 is 0 Å². The number of thiazole rings is 1. The van der Waals surface area contributed by atoms with Crippen LogP contribution in [0.1, 0.15) is 29.9 Å². The van der Waals surface area contributed by atoms with Crippen molar-refractivity contribution in [3.63, 3.8) is 0 Å². The molecule has 0 aliphatic carbocycles. The third-order valence-electron chi connectivity index (χ3n) is 4.32. The number of hydrogen-bond acceptors (Lipinski definition) is 6. The molecule has 0 fully saturated rings. The van der Waals surface area contributed by atoms with Gasteiger partial charge in [-0.05, 0) is 35.7 Å². The molecule has 29 heavy (non-hydrogen) atoms. The Balaban J connectivity index is 1.43. The number of carbonyl (C=O) groups is 1. The van der Waals surface area contributed by atoms with Crippen LogP contribution in [0.25, 0.3) is 10.6 Å². The molecule has 1 aromatic heterocycles. The van der Waals surface area contributed by atoms with Crippen LogP contribution in [0.5, 0.6) is 17.2 Å². The quantitative estimate of drug-likeness (QED) is 0.621. The Morgan fingerprint density at radius 1 is 1.21 bits per heavy atom. The highest BCUT2D eigenvalue weighted by atomic mass is 32.1. The molecular formula is C22H22N2O4S. The van der Waals surface area contributed by atoms with Crippen molar-refractivity contribution in [1.82, 2.24) is 10.3 Å². The summed E-state index contributed by atoms with van der Waals surface area (Å²) in [5.74, 6) is 2.42. The highest BCUT2D eigenvalue weighted by Gasteiger charge is 2.16. The van der Waals surface area contributed by atoms with Gasteiger partial charge in [-0.25, -0.2) is 4.98 Å². The molecule has 4 rings (SSSR count). The summed E-state index contributed by atoms with van der Waals surface area (Å²) < 4.78 is 16.6. The minimum absolute atomic E-state index is 0.217. The number of nitrogens with one attached hydrogen (secondary N) is 1. The molecule has 0 atom stereocenters. The fourth-order valence-electron chi connectivity index (χ4n) is 2.85. The van der Waals surface area contributed by atoms with Crippen molar-refractivity contribution in [2.24, 2.45) is 5.92 Å². The van der Waals surface area contributed by atoms with Crippen LogP contribution in [0, 0.1) is 5.92 Å². The van der Waals surface area contributed by atoms with E-state index in [0.717, 1.165) is 27.6 Å². The number of benzene rings is 2. The number of aromatic nitrogens is 1. The standard InChI is InChI=1S/C22H22N2O4S/c1-14(2)11-26-18-6-4-3-5-16(18)22-24-17(12-29-22)21(25)23-10-15-7-8-19-20(9-15)28-13-27-19/h3-9,12,14H,10-11,13H2,1-2H3,(H,23,25). The first-order valence-corrected chi connectivity index (χ1v) is 10.3. The minimum atomic E-state index is -0.217. The first-order chi connectivity index (χ1) is 14.1. The summed E-state index contributed by atoms with van der Waals surface area (Å²) in [4.78, 5) is 17.1. The third-order valence-corrected chi connectivity index (χ3v) is 5.19. The van der Waals surface area contributed by atoms with E-state index in [4.69, 9.17) is 14.2 Å². The monoisotopic (exact) mass is 410 g/mol. The van der Waals surface area contributed by atoms with E-state index in [0.29, 0.717) is 30.5 Å². The van der Waals surface area contributed by atoms with E-state index in [9.17, 15) is 4.79 Å². The maximum absolute atomic E-state index is 12.5. The summed E-state index contributed by atoms with van der Waals surface area (Å²) in [6.45, 7) is 5.46. The van der Waals surface area contributed by atoms with Crippen molar-refractivity contribution >= 4 is 17.2 Å². The Labute approximate surface area is 173 Å². The van der Waals surface area contributed by atoms with Crippen molar-refractivity contribution in [1.29, 1.82) is 0 Å².